The number of benzene rings is 2. The van der Waals surface area contributed by atoms with Gasteiger partial charge in [-0.2, -0.15) is 0 Å². The molecule has 0 saturated heterocycles. The summed E-state index contributed by atoms with van der Waals surface area (Å²) >= 11 is 1.52. The topological polar surface area (TPSA) is 59.1 Å². The maximum absolute atomic E-state index is 12.3. The molecular formula is C17H16N2O2S2. The van der Waals surface area contributed by atoms with Gasteiger partial charge in [0, 0.05) is 24.5 Å². The fourth-order valence-electron chi connectivity index (χ4n) is 2.21. The number of aromatic nitrogens is 1. The molecule has 0 fully saturated rings. The third kappa shape index (κ3) is 4.04. The van der Waals surface area contributed by atoms with Gasteiger partial charge in [-0.1, -0.05) is 42.5 Å². The highest BCUT2D eigenvalue weighted by Gasteiger charge is 2.13. The summed E-state index contributed by atoms with van der Waals surface area (Å²) in [5.41, 5.74) is 2.06. The fraction of sp³-hybridized carbons (Fsp3) is 0.118. The Labute approximate surface area is 139 Å². The van der Waals surface area contributed by atoms with Gasteiger partial charge in [0.15, 0.2) is 0 Å². The van der Waals surface area contributed by atoms with Crippen LogP contribution in [0.15, 0.2) is 71.1 Å². The Morgan fingerprint density at radius 1 is 0.957 bits per heavy atom. The Hall–Kier alpha value is -2.02. The third-order valence-corrected chi connectivity index (χ3v) is 5.70. The van der Waals surface area contributed by atoms with Gasteiger partial charge in [-0.05, 0) is 23.3 Å². The molecule has 0 bridgehead atoms. The Morgan fingerprint density at radius 2 is 1.65 bits per heavy atom. The molecule has 0 atom stereocenters. The summed E-state index contributed by atoms with van der Waals surface area (Å²) in [5, 5.41) is 2.80. The lowest BCUT2D eigenvalue weighted by atomic mass is 10.1. The molecule has 1 heterocycles. The molecular weight excluding hydrogens is 328 g/mol. The lowest BCUT2D eigenvalue weighted by Crippen LogP contribution is -2.25. The molecule has 1 N–H and O–H groups in total. The molecule has 2 aromatic carbocycles. The minimum Gasteiger partial charge on any atom is -0.250 e. The SMILES string of the molecule is O=S(=O)(NCCc1nccs1)c1ccc(-c2ccccc2)cc1. The zero-order chi connectivity index (χ0) is 16.1. The Kier molecular flexibility index (Phi) is 4.85. The van der Waals surface area contributed by atoms with Gasteiger partial charge in [-0.25, -0.2) is 18.1 Å². The first kappa shape index (κ1) is 15.9. The largest absolute Gasteiger partial charge is 0.250 e. The van der Waals surface area contributed by atoms with Crippen molar-refractivity contribution >= 4 is 21.4 Å². The van der Waals surface area contributed by atoms with Crippen molar-refractivity contribution in [3.63, 3.8) is 0 Å². The number of rotatable bonds is 6. The van der Waals surface area contributed by atoms with Crippen LogP contribution in [0.3, 0.4) is 0 Å². The highest BCUT2D eigenvalue weighted by Crippen LogP contribution is 2.20. The van der Waals surface area contributed by atoms with E-state index in [4.69, 9.17) is 0 Å². The second-order valence-corrected chi connectivity index (χ2v) is 7.71. The smallest absolute Gasteiger partial charge is 0.240 e. The van der Waals surface area contributed by atoms with Crippen molar-refractivity contribution in [1.29, 1.82) is 0 Å². The predicted molar refractivity (Wildman–Crippen MR) is 92.9 cm³/mol. The summed E-state index contributed by atoms with van der Waals surface area (Å²) in [4.78, 5) is 4.41. The van der Waals surface area contributed by atoms with Crippen molar-refractivity contribution in [2.75, 3.05) is 6.54 Å². The van der Waals surface area contributed by atoms with Crippen molar-refractivity contribution in [3.05, 3.63) is 71.2 Å². The van der Waals surface area contributed by atoms with Crippen molar-refractivity contribution in [3.8, 4) is 11.1 Å². The maximum Gasteiger partial charge on any atom is 0.240 e. The van der Waals surface area contributed by atoms with E-state index in [-0.39, 0.29) is 4.90 Å². The summed E-state index contributed by atoms with van der Waals surface area (Å²) in [6, 6.07) is 16.8. The van der Waals surface area contributed by atoms with E-state index in [2.05, 4.69) is 9.71 Å². The maximum atomic E-state index is 12.3. The second kappa shape index (κ2) is 7.04. The highest BCUT2D eigenvalue weighted by molar-refractivity contribution is 7.89. The lowest BCUT2D eigenvalue weighted by molar-refractivity contribution is 0.581. The molecule has 0 saturated carbocycles. The summed E-state index contributed by atoms with van der Waals surface area (Å²) in [5.74, 6) is 0. The Morgan fingerprint density at radius 3 is 2.30 bits per heavy atom. The van der Waals surface area contributed by atoms with E-state index in [1.807, 2.05) is 47.8 Å². The van der Waals surface area contributed by atoms with E-state index in [1.165, 1.54) is 11.3 Å². The summed E-state index contributed by atoms with van der Waals surface area (Å²) in [7, 11) is -3.49. The minimum absolute atomic E-state index is 0.274. The van der Waals surface area contributed by atoms with Crippen molar-refractivity contribution in [1.82, 2.24) is 9.71 Å². The fourth-order valence-corrected chi connectivity index (χ4v) is 3.86. The van der Waals surface area contributed by atoms with E-state index in [0.717, 1.165) is 16.1 Å². The molecule has 0 unspecified atom stereocenters. The van der Waals surface area contributed by atoms with Gasteiger partial charge in [0.25, 0.3) is 0 Å². The zero-order valence-corrected chi connectivity index (χ0v) is 14.0. The van der Waals surface area contributed by atoms with Gasteiger partial charge in [0.05, 0.1) is 9.90 Å². The summed E-state index contributed by atoms with van der Waals surface area (Å²) < 4.78 is 27.2. The van der Waals surface area contributed by atoms with Crippen LogP contribution in [-0.2, 0) is 16.4 Å². The zero-order valence-electron chi connectivity index (χ0n) is 12.3. The van der Waals surface area contributed by atoms with Crippen LogP contribution in [-0.4, -0.2) is 19.9 Å². The average Bonchev–Trinajstić information content (AvgIpc) is 3.09. The highest BCUT2D eigenvalue weighted by atomic mass is 32.2. The number of hydrogen-bond donors (Lipinski definition) is 1. The van der Waals surface area contributed by atoms with E-state index in [1.54, 1.807) is 18.3 Å². The second-order valence-electron chi connectivity index (χ2n) is 4.96. The number of sulfonamides is 1. The molecule has 0 aliphatic rings. The molecule has 0 spiro atoms. The van der Waals surface area contributed by atoms with Gasteiger partial charge in [-0.3, -0.25) is 0 Å². The van der Waals surface area contributed by atoms with E-state index in [9.17, 15) is 8.42 Å². The van der Waals surface area contributed by atoms with Gasteiger partial charge < -0.3 is 0 Å². The van der Waals surface area contributed by atoms with E-state index < -0.39 is 10.0 Å². The van der Waals surface area contributed by atoms with Crippen LogP contribution < -0.4 is 4.72 Å². The molecule has 6 heteroatoms. The number of nitrogens with one attached hydrogen (secondary N) is 1. The Bertz CT molecular complexity index is 843. The predicted octanol–water partition coefficient (Wildman–Crippen LogP) is 3.33. The first-order valence-corrected chi connectivity index (χ1v) is 9.55. The van der Waals surface area contributed by atoms with Gasteiger partial charge in [-0.15, -0.1) is 11.3 Å². The van der Waals surface area contributed by atoms with E-state index in [0.29, 0.717) is 13.0 Å². The summed E-state index contributed by atoms with van der Waals surface area (Å²) in [6.45, 7) is 0.344. The quantitative estimate of drug-likeness (QED) is 0.746. The number of nitrogens with zero attached hydrogens (tertiary/aromatic N) is 1. The summed E-state index contributed by atoms with van der Waals surface area (Å²) in [6.07, 6.45) is 2.32. The van der Waals surface area contributed by atoms with Crippen LogP contribution in [0.4, 0.5) is 0 Å². The van der Waals surface area contributed by atoms with Crippen molar-refractivity contribution < 1.29 is 8.42 Å². The molecule has 0 radical (unpaired) electrons. The van der Waals surface area contributed by atoms with Gasteiger partial charge in [0.2, 0.25) is 10.0 Å². The van der Waals surface area contributed by atoms with Crippen LogP contribution in [0.5, 0.6) is 0 Å². The van der Waals surface area contributed by atoms with Crippen LogP contribution in [0.1, 0.15) is 5.01 Å². The van der Waals surface area contributed by atoms with Crippen molar-refractivity contribution in [2.24, 2.45) is 0 Å². The first-order chi connectivity index (χ1) is 11.1. The van der Waals surface area contributed by atoms with Crippen LogP contribution in [0.2, 0.25) is 0 Å². The molecule has 118 valence electrons. The normalized spacial score (nSPS) is 11.5. The molecule has 0 aliphatic carbocycles. The van der Waals surface area contributed by atoms with Gasteiger partial charge in [0.1, 0.15) is 0 Å². The molecule has 0 amide bonds. The molecule has 3 aromatic rings. The number of thiazole rings is 1. The van der Waals surface area contributed by atoms with Crippen LogP contribution in [0.25, 0.3) is 11.1 Å². The minimum atomic E-state index is -3.49. The Balaban J connectivity index is 1.68. The molecule has 0 aliphatic heterocycles. The van der Waals surface area contributed by atoms with E-state index >= 15 is 0 Å². The first-order valence-electron chi connectivity index (χ1n) is 7.19. The van der Waals surface area contributed by atoms with Gasteiger partial charge >= 0.3 is 0 Å². The van der Waals surface area contributed by atoms with Crippen LogP contribution in [0, 0.1) is 0 Å². The molecule has 3 rings (SSSR count). The average molecular weight is 344 g/mol. The molecule has 1 aromatic heterocycles. The molecule has 4 nitrogen and oxygen atoms in total. The van der Waals surface area contributed by atoms with Crippen molar-refractivity contribution in [2.45, 2.75) is 11.3 Å². The lowest BCUT2D eigenvalue weighted by Gasteiger charge is -2.07. The number of hydrogen-bond acceptors (Lipinski definition) is 4. The standard InChI is InChI=1S/C17H16N2O2S2/c20-23(21,19-11-10-17-18-12-13-22-17)16-8-6-15(7-9-16)14-4-2-1-3-5-14/h1-9,12-13,19H,10-11H2. The third-order valence-electron chi connectivity index (χ3n) is 3.39. The molecule has 23 heavy (non-hydrogen) atoms. The monoisotopic (exact) mass is 344 g/mol. The van der Waals surface area contributed by atoms with Crippen LogP contribution >= 0.6 is 11.3 Å².